The normalized spacial score (nSPS) is 27.0. The highest BCUT2D eigenvalue weighted by atomic mass is 16.2. The summed E-state index contributed by atoms with van der Waals surface area (Å²) in [6.07, 6.45) is 4.75. The van der Waals surface area contributed by atoms with Crippen LogP contribution in [-0.2, 0) is 0 Å². The molecular weight excluding hydrogens is 178 g/mol. The molecule has 1 aliphatic carbocycles. The van der Waals surface area contributed by atoms with Gasteiger partial charge >= 0.3 is 6.03 Å². The third-order valence-corrected chi connectivity index (χ3v) is 3.15. The Labute approximate surface area is 84.8 Å². The second-order valence-electron chi connectivity index (χ2n) is 4.34. The number of hydrogen-bond donors (Lipinski definition) is 3. The molecule has 80 valence electrons. The van der Waals surface area contributed by atoms with Crippen molar-refractivity contribution >= 4 is 6.03 Å². The summed E-state index contributed by atoms with van der Waals surface area (Å²) in [5.41, 5.74) is 0. The first kappa shape index (κ1) is 9.77. The third-order valence-electron chi connectivity index (χ3n) is 3.15. The van der Waals surface area contributed by atoms with E-state index in [1.165, 1.54) is 12.8 Å². The molecule has 14 heavy (non-hydrogen) atoms. The van der Waals surface area contributed by atoms with E-state index in [9.17, 15) is 4.79 Å². The molecule has 4 heteroatoms. The number of nitrogens with one attached hydrogen (secondary N) is 3. The molecule has 1 saturated heterocycles. The van der Waals surface area contributed by atoms with E-state index >= 15 is 0 Å². The van der Waals surface area contributed by atoms with Crippen molar-refractivity contribution in [2.24, 2.45) is 5.92 Å². The molecule has 1 saturated carbocycles. The summed E-state index contributed by atoms with van der Waals surface area (Å²) in [6.45, 7) is 2.95. The van der Waals surface area contributed by atoms with E-state index in [2.05, 4.69) is 16.0 Å². The molecule has 2 aliphatic rings. The van der Waals surface area contributed by atoms with Crippen molar-refractivity contribution in [3.63, 3.8) is 0 Å². The van der Waals surface area contributed by atoms with E-state index < -0.39 is 0 Å². The van der Waals surface area contributed by atoms with Crippen LogP contribution in [0.1, 0.15) is 25.7 Å². The highest BCUT2D eigenvalue weighted by Crippen LogP contribution is 2.17. The van der Waals surface area contributed by atoms with E-state index in [-0.39, 0.29) is 6.03 Å². The lowest BCUT2D eigenvalue weighted by atomic mass is 9.93. The van der Waals surface area contributed by atoms with Crippen LogP contribution in [0.2, 0.25) is 0 Å². The molecule has 0 aromatic rings. The fourth-order valence-corrected chi connectivity index (χ4v) is 1.91. The maximum atomic E-state index is 11.4. The summed E-state index contributed by atoms with van der Waals surface area (Å²) in [4.78, 5) is 11.4. The van der Waals surface area contributed by atoms with Gasteiger partial charge in [0.1, 0.15) is 0 Å². The van der Waals surface area contributed by atoms with Crippen molar-refractivity contribution in [3.8, 4) is 0 Å². The van der Waals surface area contributed by atoms with Crippen molar-refractivity contribution in [2.75, 3.05) is 19.6 Å². The molecule has 3 N–H and O–H groups in total. The van der Waals surface area contributed by atoms with Gasteiger partial charge in [-0.2, -0.15) is 0 Å². The molecule has 1 atom stereocenters. The van der Waals surface area contributed by atoms with Crippen LogP contribution in [-0.4, -0.2) is 31.7 Å². The smallest absolute Gasteiger partial charge is 0.315 e. The third kappa shape index (κ3) is 2.61. The molecule has 0 radical (unpaired) electrons. The van der Waals surface area contributed by atoms with Crippen molar-refractivity contribution in [2.45, 2.75) is 31.7 Å². The Morgan fingerprint density at radius 2 is 2.21 bits per heavy atom. The number of urea groups is 1. The summed E-state index contributed by atoms with van der Waals surface area (Å²) < 4.78 is 0. The SMILES string of the molecule is O=C(NCC1CCNC1)NC1CCC1. The van der Waals surface area contributed by atoms with E-state index in [4.69, 9.17) is 0 Å². The van der Waals surface area contributed by atoms with Crippen molar-refractivity contribution in [1.29, 1.82) is 0 Å². The van der Waals surface area contributed by atoms with Crippen molar-refractivity contribution in [3.05, 3.63) is 0 Å². The van der Waals surface area contributed by atoms with Gasteiger partial charge in [0.2, 0.25) is 0 Å². The highest BCUT2D eigenvalue weighted by Gasteiger charge is 2.20. The van der Waals surface area contributed by atoms with Crippen LogP contribution in [0.5, 0.6) is 0 Å². The predicted molar refractivity (Wildman–Crippen MR) is 55.2 cm³/mol. The summed E-state index contributed by atoms with van der Waals surface area (Å²) >= 11 is 0. The van der Waals surface area contributed by atoms with E-state index in [1.54, 1.807) is 0 Å². The zero-order chi connectivity index (χ0) is 9.80. The molecule has 2 fully saturated rings. The Balaban J connectivity index is 1.57. The predicted octanol–water partition coefficient (Wildman–Crippen LogP) is 0.448. The van der Waals surface area contributed by atoms with E-state index in [0.717, 1.165) is 32.5 Å². The lowest BCUT2D eigenvalue weighted by Crippen LogP contribution is -2.46. The minimum atomic E-state index is 0.0154. The standard InChI is InChI=1S/C10H19N3O/c14-10(13-9-2-1-3-9)12-7-8-4-5-11-6-8/h8-9,11H,1-7H2,(H2,12,13,14). The maximum Gasteiger partial charge on any atom is 0.315 e. The molecule has 1 heterocycles. The second-order valence-corrected chi connectivity index (χ2v) is 4.34. The molecule has 1 unspecified atom stereocenters. The Morgan fingerprint density at radius 1 is 1.36 bits per heavy atom. The average Bonchev–Trinajstić information content (AvgIpc) is 2.60. The lowest BCUT2D eigenvalue weighted by molar-refractivity contribution is 0.227. The molecule has 2 amide bonds. The highest BCUT2D eigenvalue weighted by molar-refractivity contribution is 5.74. The van der Waals surface area contributed by atoms with Gasteiger partial charge in [-0.25, -0.2) is 4.79 Å². The summed E-state index contributed by atoms with van der Waals surface area (Å²) in [7, 11) is 0. The largest absolute Gasteiger partial charge is 0.338 e. The van der Waals surface area contributed by atoms with Crippen LogP contribution in [0.4, 0.5) is 4.79 Å². The van der Waals surface area contributed by atoms with Crippen LogP contribution >= 0.6 is 0 Å². The van der Waals surface area contributed by atoms with Gasteiger partial charge in [0.25, 0.3) is 0 Å². The number of amides is 2. The molecule has 2 rings (SSSR count). The van der Waals surface area contributed by atoms with Crippen LogP contribution in [0.15, 0.2) is 0 Å². The van der Waals surface area contributed by atoms with Crippen molar-refractivity contribution < 1.29 is 4.79 Å². The quantitative estimate of drug-likeness (QED) is 0.615. The monoisotopic (exact) mass is 197 g/mol. The van der Waals surface area contributed by atoms with Gasteiger partial charge in [-0.15, -0.1) is 0 Å². The lowest BCUT2D eigenvalue weighted by Gasteiger charge is -2.26. The Hall–Kier alpha value is -0.770. The molecule has 0 aromatic heterocycles. The van der Waals surface area contributed by atoms with Gasteiger partial charge in [0.05, 0.1) is 0 Å². The summed E-state index contributed by atoms with van der Waals surface area (Å²) in [5.74, 6) is 0.627. The van der Waals surface area contributed by atoms with Crippen LogP contribution in [0.25, 0.3) is 0 Å². The first-order valence-corrected chi connectivity index (χ1v) is 5.59. The van der Waals surface area contributed by atoms with Crippen LogP contribution < -0.4 is 16.0 Å². The maximum absolute atomic E-state index is 11.4. The second kappa shape index (κ2) is 4.64. The number of carbonyl (C=O) groups is 1. The molecule has 4 nitrogen and oxygen atoms in total. The first-order valence-electron chi connectivity index (χ1n) is 5.59. The number of carbonyl (C=O) groups excluding carboxylic acids is 1. The summed E-state index contributed by atoms with van der Waals surface area (Å²) in [5, 5.41) is 9.19. The zero-order valence-electron chi connectivity index (χ0n) is 8.51. The van der Waals surface area contributed by atoms with Crippen LogP contribution in [0.3, 0.4) is 0 Å². The molecule has 0 bridgehead atoms. The average molecular weight is 197 g/mol. The van der Waals surface area contributed by atoms with Crippen LogP contribution in [0, 0.1) is 5.92 Å². The first-order chi connectivity index (χ1) is 6.84. The van der Waals surface area contributed by atoms with E-state index in [0.29, 0.717) is 12.0 Å². The minimum Gasteiger partial charge on any atom is -0.338 e. The Morgan fingerprint density at radius 3 is 2.79 bits per heavy atom. The van der Waals surface area contributed by atoms with E-state index in [1.807, 2.05) is 0 Å². The van der Waals surface area contributed by atoms with Gasteiger partial charge in [0, 0.05) is 12.6 Å². The number of hydrogen-bond acceptors (Lipinski definition) is 2. The van der Waals surface area contributed by atoms with Gasteiger partial charge in [0.15, 0.2) is 0 Å². The zero-order valence-corrected chi connectivity index (χ0v) is 8.51. The summed E-state index contributed by atoms with van der Waals surface area (Å²) in [6, 6.07) is 0.457. The van der Waals surface area contributed by atoms with Crippen molar-refractivity contribution in [1.82, 2.24) is 16.0 Å². The molecule has 0 spiro atoms. The van der Waals surface area contributed by atoms with Gasteiger partial charge in [-0.1, -0.05) is 0 Å². The number of rotatable bonds is 3. The fourth-order valence-electron chi connectivity index (χ4n) is 1.91. The Bertz CT molecular complexity index is 198. The molecule has 1 aliphatic heterocycles. The minimum absolute atomic E-state index is 0.0154. The Kier molecular flexibility index (Phi) is 3.24. The topological polar surface area (TPSA) is 53.2 Å². The van der Waals surface area contributed by atoms with Gasteiger partial charge in [-0.3, -0.25) is 0 Å². The fraction of sp³-hybridized carbons (Fsp3) is 0.900. The molecular formula is C10H19N3O. The van der Waals surface area contributed by atoms with Gasteiger partial charge < -0.3 is 16.0 Å². The van der Waals surface area contributed by atoms with Gasteiger partial charge in [-0.05, 0) is 44.7 Å². The molecule has 0 aromatic carbocycles.